The second-order valence-electron chi connectivity index (χ2n) is 7.98. The zero-order valence-corrected chi connectivity index (χ0v) is 19.5. The zero-order valence-electron chi connectivity index (χ0n) is 19.5. The number of hydrogen-bond donors (Lipinski definition) is 2. The van der Waals surface area contributed by atoms with Gasteiger partial charge in [0, 0.05) is 24.1 Å². The molecular formula is C24H27N3O8. The van der Waals surface area contributed by atoms with Gasteiger partial charge < -0.3 is 24.8 Å². The van der Waals surface area contributed by atoms with E-state index in [9.17, 15) is 24.5 Å². The predicted octanol–water partition coefficient (Wildman–Crippen LogP) is 3.93. The van der Waals surface area contributed by atoms with E-state index in [2.05, 4.69) is 10.6 Å². The second kappa shape index (κ2) is 11.8. The standard InChI is InChI=1S/C24H27N3O8/c1-33-20-12-16(18(13-21(20)34-2)26-23(29)15-8-4-3-5-9-15)24(30)35-14-22(28)25-17-10-6-7-11-19(17)27(31)32/h6-7,10-13,15H,3-5,8-9,14H2,1-2H3,(H,25,28)(H,26,29). The largest absolute Gasteiger partial charge is 0.493 e. The molecule has 0 spiro atoms. The molecule has 2 N–H and O–H groups in total. The number of para-hydroxylation sites is 2. The maximum atomic E-state index is 12.9. The Morgan fingerprint density at radius 2 is 1.63 bits per heavy atom. The molecule has 0 aliphatic heterocycles. The van der Waals surface area contributed by atoms with Crippen LogP contribution >= 0.6 is 0 Å². The van der Waals surface area contributed by atoms with Crippen molar-refractivity contribution in [3.63, 3.8) is 0 Å². The van der Waals surface area contributed by atoms with Crippen LogP contribution in [0.2, 0.25) is 0 Å². The molecule has 1 aliphatic rings. The maximum absolute atomic E-state index is 12.9. The van der Waals surface area contributed by atoms with Gasteiger partial charge in [0.05, 0.1) is 30.4 Å². The van der Waals surface area contributed by atoms with E-state index in [0.717, 1.165) is 32.1 Å². The van der Waals surface area contributed by atoms with Gasteiger partial charge in [-0.2, -0.15) is 0 Å². The lowest BCUT2D eigenvalue weighted by molar-refractivity contribution is -0.383. The summed E-state index contributed by atoms with van der Waals surface area (Å²) in [5, 5.41) is 16.3. The molecule has 2 aromatic carbocycles. The highest BCUT2D eigenvalue weighted by Crippen LogP contribution is 2.35. The van der Waals surface area contributed by atoms with E-state index >= 15 is 0 Å². The molecule has 0 saturated heterocycles. The third-order valence-corrected chi connectivity index (χ3v) is 5.69. The van der Waals surface area contributed by atoms with Crippen molar-refractivity contribution >= 4 is 34.8 Å². The lowest BCUT2D eigenvalue weighted by Gasteiger charge is -2.22. The number of nitro groups is 1. The van der Waals surface area contributed by atoms with E-state index in [4.69, 9.17) is 14.2 Å². The third-order valence-electron chi connectivity index (χ3n) is 5.69. The summed E-state index contributed by atoms with van der Waals surface area (Å²) in [4.78, 5) is 48.4. The summed E-state index contributed by atoms with van der Waals surface area (Å²) in [5.41, 5.74) is -0.169. The van der Waals surface area contributed by atoms with Crippen molar-refractivity contribution in [2.45, 2.75) is 32.1 Å². The summed E-state index contributed by atoms with van der Waals surface area (Å²) in [6, 6.07) is 8.42. The first-order valence-corrected chi connectivity index (χ1v) is 11.1. The van der Waals surface area contributed by atoms with Gasteiger partial charge in [-0.3, -0.25) is 19.7 Å². The number of carbonyl (C=O) groups is 3. The van der Waals surface area contributed by atoms with E-state index in [1.165, 1.54) is 50.6 Å². The Bertz CT molecular complexity index is 1110. The monoisotopic (exact) mass is 485 g/mol. The van der Waals surface area contributed by atoms with Gasteiger partial charge in [0.1, 0.15) is 5.69 Å². The minimum Gasteiger partial charge on any atom is -0.493 e. The quantitative estimate of drug-likeness (QED) is 0.309. The Labute approximate surface area is 201 Å². The first kappa shape index (κ1) is 25.5. The van der Waals surface area contributed by atoms with Gasteiger partial charge in [-0.15, -0.1) is 0 Å². The molecule has 0 bridgehead atoms. The molecule has 11 nitrogen and oxygen atoms in total. The van der Waals surface area contributed by atoms with Gasteiger partial charge in [-0.05, 0) is 18.9 Å². The van der Waals surface area contributed by atoms with Crippen LogP contribution in [0.3, 0.4) is 0 Å². The number of nitrogens with zero attached hydrogens (tertiary/aromatic N) is 1. The molecule has 11 heteroatoms. The Morgan fingerprint density at radius 3 is 2.29 bits per heavy atom. The topological polar surface area (TPSA) is 146 Å². The summed E-state index contributed by atoms with van der Waals surface area (Å²) >= 11 is 0. The van der Waals surface area contributed by atoms with Crippen LogP contribution in [0.25, 0.3) is 0 Å². The fourth-order valence-electron chi connectivity index (χ4n) is 3.88. The van der Waals surface area contributed by atoms with Crippen molar-refractivity contribution in [2.24, 2.45) is 5.92 Å². The molecule has 1 fully saturated rings. The molecule has 3 rings (SSSR count). The molecule has 2 amide bonds. The first-order chi connectivity index (χ1) is 16.8. The number of nitro benzene ring substituents is 1. The molecule has 186 valence electrons. The van der Waals surface area contributed by atoms with Gasteiger partial charge in [0.2, 0.25) is 5.91 Å². The minimum absolute atomic E-state index is 0.0229. The van der Waals surface area contributed by atoms with Gasteiger partial charge in [-0.1, -0.05) is 31.4 Å². The normalized spacial score (nSPS) is 13.4. The molecule has 0 atom stereocenters. The van der Waals surface area contributed by atoms with Gasteiger partial charge in [0.25, 0.3) is 11.6 Å². The van der Waals surface area contributed by atoms with Crippen molar-refractivity contribution in [2.75, 3.05) is 31.5 Å². The molecule has 0 unspecified atom stereocenters. The zero-order chi connectivity index (χ0) is 25.4. The van der Waals surface area contributed by atoms with Crippen LogP contribution in [-0.4, -0.2) is 43.5 Å². The number of esters is 1. The fourth-order valence-corrected chi connectivity index (χ4v) is 3.88. The van der Waals surface area contributed by atoms with Crippen molar-refractivity contribution in [3.05, 3.63) is 52.1 Å². The number of methoxy groups -OCH3 is 2. The van der Waals surface area contributed by atoms with Crippen LogP contribution in [0.4, 0.5) is 17.1 Å². The Morgan fingerprint density at radius 1 is 0.971 bits per heavy atom. The van der Waals surface area contributed by atoms with Crippen LogP contribution in [0.5, 0.6) is 11.5 Å². The summed E-state index contributed by atoms with van der Waals surface area (Å²) in [7, 11) is 2.82. The SMILES string of the molecule is COc1cc(NC(=O)C2CCCCC2)c(C(=O)OCC(=O)Nc2ccccc2[N+](=O)[O-])cc1OC. The summed E-state index contributed by atoms with van der Waals surface area (Å²) in [6.07, 6.45) is 4.56. The number of anilines is 2. The molecule has 0 radical (unpaired) electrons. The summed E-state index contributed by atoms with van der Waals surface area (Å²) in [6.45, 7) is -0.699. The number of amides is 2. The highest BCUT2D eigenvalue weighted by atomic mass is 16.6. The average molecular weight is 485 g/mol. The average Bonchev–Trinajstić information content (AvgIpc) is 2.87. The lowest BCUT2D eigenvalue weighted by Crippen LogP contribution is -2.26. The van der Waals surface area contributed by atoms with Crippen LogP contribution in [0.15, 0.2) is 36.4 Å². The molecule has 0 aromatic heterocycles. The highest BCUT2D eigenvalue weighted by Gasteiger charge is 2.25. The smallest absolute Gasteiger partial charge is 0.340 e. The molecule has 2 aromatic rings. The number of nitrogens with one attached hydrogen (secondary N) is 2. The van der Waals surface area contributed by atoms with Crippen molar-refractivity contribution in [3.8, 4) is 11.5 Å². The number of rotatable bonds is 9. The van der Waals surface area contributed by atoms with Crippen molar-refractivity contribution < 1.29 is 33.5 Å². The van der Waals surface area contributed by atoms with Crippen LogP contribution in [0.1, 0.15) is 42.5 Å². The Balaban J connectivity index is 1.75. The highest BCUT2D eigenvalue weighted by molar-refractivity contribution is 6.04. The maximum Gasteiger partial charge on any atom is 0.340 e. The Hall–Kier alpha value is -4.15. The predicted molar refractivity (Wildman–Crippen MR) is 127 cm³/mol. The number of ether oxygens (including phenoxy) is 3. The van der Waals surface area contributed by atoms with E-state index in [0.29, 0.717) is 5.75 Å². The number of hydrogen-bond acceptors (Lipinski definition) is 8. The minimum atomic E-state index is -0.886. The van der Waals surface area contributed by atoms with E-state index in [-0.39, 0.29) is 40.2 Å². The Kier molecular flexibility index (Phi) is 8.60. The fraction of sp³-hybridized carbons (Fsp3) is 0.375. The molecule has 0 heterocycles. The third kappa shape index (κ3) is 6.46. The molecular weight excluding hydrogens is 458 g/mol. The van der Waals surface area contributed by atoms with Gasteiger partial charge >= 0.3 is 5.97 Å². The summed E-state index contributed by atoms with van der Waals surface area (Å²) < 4.78 is 15.7. The molecule has 1 aliphatic carbocycles. The van der Waals surface area contributed by atoms with E-state index in [1.807, 2.05) is 0 Å². The summed E-state index contributed by atoms with van der Waals surface area (Å²) in [5.74, 6) is -1.48. The first-order valence-electron chi connectivity index (χ1n) is 11.1. The second-order valence-corrected chi connectivity index (χ2v) is 7.98. The van der Waals surface area contributed by atoms with Crippen LogP contribution < -0.4 is 20.1 Å². The van der Waals surface area contributed by atoms with Crippen molar-refractivity contribution in [1.29, 1.82) is 0 Å². The van der Waals surface area contributed by atoms with Gasteiger partial charge in [0.15, 0.2) is 18.1 Å². The van der Waals surface area contributed by atoms with Crippen LogP contribution in [0, 0.1) is 16.0 Å². The van der Waals surface area contributed by atoms with Gasteiger partial charge in [-0.25, -0.2) is 4.79 Å². The van der Waals surface area contributed by atoms with Crippen LogP contribution in [-0.2, 0) is 14.3 Å². The number of carbonyl (C=O) groups excluding carboxylic acids is 3. The van der Waals surface area contributed by atoms with E-state index in [1.54, 1.807) is 0 Å². The van der Waals surface area contributed by atoms with E-state index < -0.39 is 23.4 Å². The molecule has 35 heavy (non-hydrogen) atoms. The number of benzene rings is 2. The molecule has 1 saturated carbocycles. The van der Waals surface area contributed by atoms with Crippen molar-refractivity contribution in [1.82, 2.24) is 0 Å². The lowest BCUT2D eigenvalue weighted by atomic mass is 9.88.